The molecule has 0 radical (unpaired) electrons. The molecule has 0 aliphatic rings. The molecule has 1 atom stereocenters. The minimum atomic E-state index is -0.313. The molecule has 3 heteroatoms. The van der Waals surface area contributed by atoms with E-state index in [1.165, 1.54) is 18.2 Å². The third-order valence-electron chi connectivity index (χ3n) is 2.96. The van der Waals surface area contributed by atoms with E-state index >= 15 is 0 Å². The first-order chi connectivity index (χ1) is 7.50. The lowest BCUT2D eigenvalue weighted by molar-refractivity contribution is 0.389. The second-order valence-electron chi connectivity index (χ2n) is 4.63. The van der Waals surface area contributed by atoms with Crippen LogP contribution in [0.25, 0.3) is 0 Å². The van der Waals surface area contributed by atoms with E-state index in [-0.39, 0.29) is 11.6 Å². The summed E-state index contributed by atoms with van der Waals surface area (Å²) in [4.78, 5) is 0. The first kappa shape index (κ1) is 13.0. The van der Waals surface area contributed by atoms with Gasteiger partial charge in [-0.3, -0.25) is 0 Å². The fraction of sp³-hybridized carbons (Fsp3) is 0.538. The molecule has 0 aliphatic heterocycles. The fourth-order valence-corrected chi connectivity index (χ4v) is 1.37. The van der Waals surface area contributed by atoms with Gasteiger partial charge in [0.25, 0.3) is 0 Å². The van der Waals surface area contributed by atoms with Crippen molar-refractivity contribution in [2.45, 2.75) is 27.3 Å². The molecule has 1 unspecified atom stereocenters. The number of phenols is 1. The smallest absolute Gasteiger partial charge is 0.123 e. The summed E-state index contributed by atoms with van der Waals surface area (Å²) in [5.74, 6) is 1.02. The van der Waals surface area contributed by atoms with Crippen LogP contribution in [-0.4, -0.2) is 11.7 Å². The largest absolute Gasteiger partial charge is 0.508 e. The first-order valence-corrected chi connectivity index (χ1v) is 5.68. The van der Waals surface area contributed by atoms with Gasteiger partial charge in [0.05, 0.1) is 0 Å². The number of nitrogens with one attached hydrogen (secondary N) is 1. The molecule has 90 valence electrons. The molecule has 2 N–H and O–H groups in total. The van der Waals surface area contributed by atoms with Crippen molar-refractivity contribution in [3.05, 3.63) is 29.6 Å². The maximum absolute atomic E-state index is 12.9. The van der Waals surface area contributed by atoms with Gasteiger partial charge in [0, 0.05) is 12.1 Å². The number of phenolic OH excluding ortho intramolecular Hbond substituents is 1. The summed E-state index contributed by atoms with van der Waals surface area (Å²) >= 11 is 0. The Morgan fingerprint density at radius 3 is 2.62 bits per heavy atom. The monoisotopic (exact) mass is 225 g/mol. The Kier molecular flexibility index (Phi) is 4.74. The number of aromatic hydroxyl groups is 1. The van der Waals surface area contributed by atoms with E-state index in [0.29, 0.717) is 23.9 Å². The molecule has 0 spiro atoms. The molecular formula is C13H20FNO. The average molecular weight is 225 g/mol. The van der Waals surface area contributed by atoms with Gasteiger partial charge in [0.2, 0.25) is 0 Å². The van der Waals surface area contributed by atoms with E-state index in [0.717, 1.165) is 6.54 Å². The highest BCUT2D eigenvalue weighted by Crippen LogP contribution is 2.17. The van der Waals surface area contributed by atoms with E-state index in [1.807, 2.05) is 0 Å². The Bertz CT molecular complexity index is 339. The molecule has 0 saturated carbocycles. The number of rotatable bonds is 5. The van der Waals surface area contributed by atoms with E-state index in [9.17, 15) is 9.50 Å². The van der Waals surface area contributed by atoms with E-state index in [4.69, 9.17) is 0 Å². The zero-order valence-corrected chi connectivity index (χ0v) is 10.1. The molecule has 2 nitrogen and oxygen atoms in total. The Labute approximate surface area is 96.5 Å². The van der Waals surface area contributed by atoms with Crippen LogP contribution in [0.15, 0.2) is 18.2 Å². The van der Waals surface area contributed by atoms with Gasteiger partial charge in [-0.2, -0.15) is 0 Å². The van der Waals surface area contributed by atoms with Gasteiger partial charge in [-0.15, -0.1) is 0 Å². The standard InChI is InChI=1S/C13H20FNO/c1-9(2)10(3)7-15-8-11-6-12(14)4-5-13(11)16/h4-6,9-10,15-16H,7-8H2,1-3H3. The van der Waals surface area contributed by atoms with E-state index in [1.54, 1.807) is 0 Å². The predicted molar refractivity (Wildman–Crippen MR) is 63.8 cm³/mol. The Balaban J connectivity index is 2.45. The molecule has 0 fully saturated rings. The zero-order valence-electron chi connectivity index (χ0n) is 10.1. The van der Waals surface area contributed by atoms with Gasteiger partial charge < -0.3 is 10.4 Å². The maximum atomic E-state index is 12.9. The second-order valence-corrected chi connectivity index (χ2v) is 4.63. The minimum absolute atomic E-state index is 0.145. The van der Waals surface area contributed by atoms with Gasteiger partial charge in [-0.1, -0.05) is 20.8 Å². The Morgan fingerprint density at radius 1 is 1.31 bits per heavy atom. The van der Waals surface area contributed by atoms with Crippen LogP contribution in [0, 0.1) is 17.7 Å². The molecule has 1 rings (SSSR count). The van der Waals surface area contributed by atoms with Crippen LogP contribution >= 0.6 is 0 Å². The van der Waals surface area contributed by atoms with Crippen LogP contribution < -0.4 is 5.32 Å². The number of hydrogen-bond acceptors (Lipinski definition) is 2. The van der Waals surface area contributed by atoms with Crippen molar-refractivity contribution in [3.8, 4) is 5.75 Å². The van der Waals surface area contributed by atoms with Crippen LogP contribution in [0.4, 0.5) is 4.39 Å². The fourth-order valence-electron chi connectivity index (χ4n) is 1.37. The lowest BCUT2D eigenvalue weighted by Crippen LogP contribution is -2.23. The summed E-state index contributed by atoms with van der Waals surface area (Å²) in [6.45, 7) is 7.88. The molecule has 0 bridgehead atoms. The zero-order chi connectivity index (χ0) is 12.1. The van der Waals surface area contributed by atoms with Crippen molar-refractivity contribution in [2.24, 2.45) is 11.8 Å². The SMILES string of the molecule is CC(C)C(C)CNCc1cc(F)ccc1O. The van der Waals surface area contributed by atoms with Gasteiger partial charge in [0.1, 0.15) is 11.6 Å². The van der Waals surface area contributed by atoms with Crippen LogP contribution in [0.1, 0.15) is 26.3 Å². The van der Waals surface area contributed by atoms with Crippen molar-refractivity contribution in [1.82, 2.24) is 5.32 Å². The number of benzene rings is 1. The third kappa shape index (κ3) is 3.81. The van der Waals surface area contributed by atoms with Crippen LogP contribution in [-0.2, 0) is 6.54 Å². The summed E-state index contributed by atoms with van der Waals surface area (Å²) in [5.41, 5.74) is 0.607. The molecular weight excluding hydrogens is 205 g/mol. The second kappa shape index (κ2) is 5.85. The molecule has 0 heterocycles. The predicted octanol–water partition coefficient (Wildman–Crippen LogP) is 2.91. The highest BCUT2D eigenvalue weighted by Gasteiger charge is 2.07. The summed E-state index contributed by atoms with van der Waals surface area (Å²) < 4.78 is 12.9. The normalized spacial score (nSPS) is 13.1. The van der Waals surface area contributed by atoms with Gasteiger partial charge in [-0.25, -0.2) is 4.39 Å². The highest BCUT2D eigenvalue weighted by atomic mass is 19.1. The van der Waals surface area contributed by atoms with Gasteiger partial charge in [-0.05, 0) is 36.6 Å². The van der Waals surface area contributed by atoms with E-state index < -0.39 is 0 Å². The molecule has 0 aliphatic carbocycles. The quantitative estimate of drug-likeness (QED) is 0.807. The summed E-state index contributed by atoms with van der Waals surface area (Å²) in [5, 5.41) is 12.7. The van der Waals surface area contributed by atoms with Crippen LogP contribution in [0.2, 0.25) is 0 Å². The molecule has 1 aromatic rings. The van der Waals surface area contributed by atoms with Crippen molar-refractivity contribution < 1.29 is 9.50 Å². The lowest BCUT2D eigenvalue weighted by Gasteiger charge is -2.16. The molecule has 16 heavy (non-hydrogen) atoms. The van der Waals surface area contributed by atoms with Crippen molar-refractivity contribution in [2.75, 3.05) is 6.54 Å². The van der Waals surface area contributed by atoms with Gasteiger partial charge >= 0.3 is 0 Å². The van der Waals surface area contributed by atoms with Crippen molar-refractivity contribution in [3.63, 3.8) is 0 Å². The molecule has 0 aromatic heterocycles. The van der Waals surface area contributed by atoms with Crippen molar-refractivity contribution >= 4 is 0 Å². The van der Waals surface area contributed by atoms with Crippen LogP contribution in [0.3, 0.4) is 0 Å². The first-order valence-electron chi connectivity index (χ1n) is 5.68. The van der Waals surface area contributed by atoms with Crippen molar-refractivity contribution in [1.29, 1.82) is 0 Å². The highest BCUT2D eigenvalue weighted by molar-refractivity contribution is 5.32. The maximum Gasteiger partial charge on any atom is 0.123 e. The summed E-state index contributed by atoms with van der Waals surface area (Å²) in [6, 6.07) is 4.01. The molecule has 1 aromatic carbocycles. The summed E-state index contributed by atoms with van der Waals surface area (Å²) in [6.07, 6.45) is 0. The number of hydrogen-bond donors (Lipinski definition) is 2. The Hall–Kier alpha value is -1.09. The lowest BCUT2D eigenvalue weighted by atomic mass is 9.98. The topological polar surface area (TPSA) is 32.3 Å². The van der Waals surface area contributed by atoms with E-state index in [2.05, 4.69) is 26.1 Å². The Morgan fingerprint density at radius 2 is 2.00 bits per heavy atom. The molecule has 0 saturated heterocycles. The minimum Gasteiger partial charge on any atom is -0.508 e. The number of halogens is 1. The average Bonchev–Trinajstić information content (AvgIpc) is 2.22. The van der Waals surface area contributed by atoms with Crippen LogP contribution in [0.5, 0.6) is 5.75 Å². The molecule has 0 amide bonds. The van der Waals surface area contributed by atoms with Gasteiger partial charge in [0.15, 0.2) is 0 Å². The summed E-state index contributed by atoms with van der Waals surface area (Å²) in [7, 11) is 0. The third-order valence-corrected chi connectivity index (χ3v) is 2.96.